The van der Waals surface area contributed by atoms with E-state index < -0.39 is 30.3 Å². The number of furan rings is 1. The Kier molecular flexibility index (Phi) is 6.11. The van der Waals surface area contributed by atoms with Crippen LogP contribution in [0.25, 0.3) is 0 Å². The molecular weight excluding hydrogens is 441 g/mol. The third-order valence-corrected chi connectivity index (χ3v) is 5.84. The van der Waals surface area contributed by atoms with Gasteiger partial charge in [0.25, 0.3) is 5.91 Å². The number of ketones is 1. The van der Waals surface area contributed by atoms with Crippen LogP contribution in [0, 0.1) is 0 Å². The summed E-state index contributed by atoms with van der Waals surface area (Å²) in [4.78, 5) is 39.7. The van der Waals surface area contributed by atoms with Gasteiger partial charge in [0.2, 0.25) is 0 Å². The fourth-order valence-electron chi connectivity index (χ4n) is 3.47. The van der Waals surface area contributed by atoms with Gasteiger partial charge in [0.1, 0.15) is 6.04 Å². The van der Waals surface area contributed by atoms with Crippen LogP contribution in [-0.4, -0.2) is 35.2 Å². The predicted octanol–water partition coefficient (Wildman–Crippen LogP) is 4.58. The summed E-state index contributed by atoms with van der Waals surface area (Å²) in [6, 6.07) is 14.3. The van der Waals surface area contributed by atoms with E-state index in [1.807, 2.05) is 24.3 Å². The number of amides is 1. The molecule has 2 heterocycles. The molecule has 0 N–H and O–H groups in total. The average molecular weight is 458 g/mol. The van der Waals surface area contributed by atoms with Gasteiger partial charge >= 0.3 is 5.97 Å². The van der Waals surface area contributed by atoms with Crippen molar-refractivity contribution >= 4 is 40.9 Å². The van der Waals surface area contributed by atoms with E-state index in [1.165, 1.54) is 29.4 Å². The molecule has 4 rings (SSSR count). The third kappa shape index (κ3) is 4.50. The summed E-state index contributed by atoms with van der Waals surface area (Å²) in [6.45, 7) is -0.242. The van der Waals surface area contributed by atoms with E-state index in [2.05, 4.69) is 0 Å². The van der Waals surface area contributed by atoms with Crippen LogP contribution in [-0.2, 0) is 22.5 Å². The van der Waals surface area contributed by atoms with Crippen molar-refractivity contribution in [3.8, 4) is 0 Å². The van der Waals surface area contributed by atoms with Crippen molar-refractivity contribution in [3.63, 3.8) is 0 Å². The van der Waals surface area contributed by atoms with E-state index >= 15 is 0 Å². The normalized spacial score (nSPS) is 15.3. The Morgan fingerprint density at radius 3 is 2.48 bits per heavy atom. The first-order chi connectivity index (χ1) is 14.9. The van der Waals surface area contributed by atoms with E-state index in [0.717, 1.165) is 11.1 Å². The number of rotatable bonds is 5. The summed E-state index contributed by atoms with van der Waals surface area (Å²) < 4.78 is 10.5. The molecule has 0 saturated carbocycles. The summed E-state index contributed by atoms with van der Waals surface area (Å²) in [5.74, 6) is -1.38. The molecule has 0 spiro atoms. The molecule has 1 atom stereocenters. The minimum absolute atomic E-state index is 0.129. The number of carbonyl (C=O) groups excluding carboxylic acids is 3. The quantitative estimate of drug-likeness (QED) is 0.413. The lowest BCUT2D eigenvalue weighted by molar-refractivity contribution is -0.148. The first-order valence-corrected chi connectivity index (χ1v) is 10.3. The number of Topliss-reactive ketones (excluding diaryl/α,β-unsaturated/α-hetero) is 1. The first kappa shape index (κ1) is 21.2. The van der Waals surface area contributed by atoms with Gasteiger partial charge in [-0.05, 0) is 41.5 Å². The van der Waals surface area contributed by atoms with Crippen molar-refractivity contribution in [2.75, 3.05) is 6.61 Å². The number of carbonyl (C=O) groups is 3. The molecule has 8 heteroatoms. The highest BCUT2D eigenvalue weighted by molar-refractivity contribution is 6.42. The van der Waals surface area contributed by atoms with Crippen LogP contribution in [0.2, 0.25) is 10.0 Å². The number of benzene rings is 2. The van der Waals surface area contributed by atoms with Crippen molar-refractivity contribution in [3.05, 3.63) is 93.4 Å². The molecule has 1 amide bonds. The van der Waals surface area contributed by atoms with E-state index in [1.54, 1.807) is 12.1 Å². The molecule has 0 fully saturated rings. The second-order valence-electron chi connectivity index (χ2n) is 7.06. The molecule has 1 unspecified atom stereocenters. The molecule has 6 nitrogen and oxygen atoms in total. The molecule has 1 aliphatic heterocycles. The number of ether oxygens (including phenoxy) is 1. The van der Waals surface area contributed by atoms with Crippen LogP contribution in [0.5, 0.6) is 0 Å². The van der Waals surface area contributed by atoms with Gasteiger partial charge in [-0.1, -0.05) is 47.5 Å². The van der Waals surface area contributed by atoms with E-state index in [4.69, 9.17) is 32.4 Å². The fourth-order valence-corrected chi connectivity index (χ4v) is 3.77. The molecule has 31 heavy (non-hydrogen) atoms. The third-order valence-electron chi connectivity index (χ3n) is 5.10. The van der Waals surface area contributed by atoms with E-state index in [-0.39, 0.29) is 29.3 Å². The number of hydrogen-bond donors (Lipinski definition) is 0. The Bertz CT molecular complexity index is 1140. The minimum atomic E-state index is -0.880. The summed E-state index contributed by atoms with van der Waals surface area (Å²) in [5, 5.41) is 0.557. The molecule has 1 aliphatic rings. The average Bonchev–Trinajstić information content (AvgIpc) is 3.32. The second-order valence-corrected chi connectivity index (χ2v) is 7.87. The van der Waals surface area contributed by atoms with Crippen LogP contribution >= 0.6 is 23.2 Å². The van der Waals surface area contributed by atoms with Crippen LogP contribution in [0.15, 0.2) is 65.3 Å². The Labute approximate surface area is 188 Å². The molecular formula is C23H17Cl2NO5. The molecule has 0 radical (unpaired) electrons. The highest BCUT2D eigenvalue weighted by Crippen LogP contribution is 2.26. The molecule has 3 aromatic rings. The van der Waals surface area contributed by atoms with Crippen LogP contribution in [0.4, 0.5) is 0 Å². The Hall–Kier alpha value is -3.09. The van der Waals surface area contributed by atoms with Gasteiger partial charge in [0, 0.05) is 18.5 Å². The van der Waals surface area contributed by atoms with Gasteiger partial charge in [-0.2, -0.15) is 0 Å². The smallest absolute Gasteiger partial charge is 0.329 e. The fraction of sp³-hybridized carbons (Fsp3) is 0.174. The SMILES string of the molecule is O=C(COC(=O)C1Cc2ccccc2CN1C(=O)c1ccco1)c1ccc(Cl)c(Cl)c1. The molecule has 0 bridgehead atoms. The van der Waals surface area contributed by atoms with Gasteiger partial charge in [-0.15, -0.1) is 0 Å². The van der Waals surface area contributed by atoms with Crippen LogP contribution < -0.4 is 0 Å². The number of fused-ring (bicyclic) bond motifs is 1. The number of halogens is 2. The summed E-state index contributed by atoms with van der Waals surface area (Å²) in [7, 11) is 0. The van der Waals surface area contributed by atoms with E-state index in [0.29, 0.717) is 5.02 Å². The topological polar surface area (TPSA) is 76.8 Å². The van der Waals surface area contributed by atoms with E-state index in [9.17, 15) is 14.4 Å². The van der Waals surface area contributed by atoms with Gasteiger partial charge in [-0.3, -0.25) is 9.59 Å². The lowest BCUT2D eigenvalue weighted by Gasteiger charge is -2.34. The molecule has 158 valence electrons. The second kappa shape index (κ2) is 8.96. The summed E-state index contributed by atoms with van der Waals surface area (Å²) >= 11 is 11.8. The Morgan fingerprint density at radius 2 is 1.77 bits per heavy atom. The largest absolute Gasteiger partial charge is 0.459 e. The zero-order valence-electron chi connectivity index (χ0n) is 16.2. The number of hydrogen-bond acceptors (Lipinski definition) is 5. The first-order valence-electron chi connectivity index (χ1n) is 9.50. The van der Waals surface area contributed by atoms with Gasteiger partial charge < -0.3 is 14.1 Å². The lowest BCUT2D eigenvalue weighted by atomic mass is 9.93. The van der Waals surface area contributed by atoms with Crippen LogP contribution in [0.1, 0.15) is 32.0 Å². The predicted molar refractivity (Wildman–Crippen MR) is 114 cm³/mol. The lowest BCUT2D eigenvalue weighted by Crippen LogP contribution is -2.49. The minimum Gasteiger partial charge on any atom is -0.459 e. The maximum atomic E-state index is 12.9. The molecule has 0 aliphatic carbocycles. The van der Waals surface area contributed by atoms with Crippen molar-refractivity contribution in [1.82, 2.24) is 4.90 Å². The molecule has 2 aromatic carbocycles. The van der Waals surface area contributed by atoms with Crippen molar-refractivity contribution in [2.24, 2.45) is 0 Å². The number of nitrogens with zero attached hydrogens (tertiary/aromatic N) is 1. The number of esters is 1. The van der Waals surface area contributed by atoms with Gasteiger partial charge in [0.15, 0.2) is 18.2 Å². The van der Waals surface area contributed by atoms with Crippen molar-refractivity contribution in [2.45, 2.75) is 19.0 Å². The maximum absolute atomic E-state index is 12.9. The zero-order valence-corrected chi connectivity index (χ0v) is 17.7. The monoisotopic (exact) mass is 457 g/mol. The van der Waals surface area contributed by atoms with Crippen molar-refractivity contribution in [1.29, 1.82) is 0 Å². The van der Waals surface area contributed by atoms with Crippen LogP contribution in [0.3, 0.4) is 0 Å². The Morgan fingerprint density at radius 1 is 1.00 bits per heavy atom. The maximum Gasteiger partial charge on any atom is 0.329 e. The molecule has 0 saturated heterocycles. The van der Waals surface area contributed by atoms with Gasteiger partial charge in [0.05, 0.1) is 16.3 Å². The zero-order chi connectivity index (χ0) is 22.0. The summed E-state index contributed by atoms with van der Waals surface area (Å²) in [6.07, 6.45) is 1.68. The highest BCUT2D eigenvalue weighted by atomic mass is 35.5. The standard InChI is InChI=1S/C23H17Cl2NO5/c24-17-8-7-15(10-18(17)25)20(27)13-31-23(29)19-11-14-4-1-2-5-16(14)12-26(19)22(28)21-6-3-9-30-21/h1-10,19H,11-13H2. The van der Waals surface area contributed by atoms with Gasteiger partial charge in [-0.25, -0.2) is 4.79 Å². The summed E-state index contributed by atoms with van der Waals surface area (Å²) in [5.41, 5.74) is 2.17. The highest BCUT2D eigenvalue weighted by Gasteiger charge is 2.37. The molecule has 1 aromatic heterocycles. The van der Waals surface area contributed by atoms with Crippen molar-refractivity contribution < 1.29 is 23.5 Å². The Balaban J connectivity index is 1.52.